The molecule has 0 fully saturated rings. The van der Waals surface area contributed by atoms with E-state index in [4.69, 9.17) is 5.73 Å². The molecule has 2 atom stereocenters. The molecule has 0 saturated heterocycles. The summed E-state index contributed by atoms with van der Waals surface area (Å²) in [7, 11) is 0. The van der Waals surface area contributed by atoms with Crippen LogP contribution in [0.25, 0.3) is 0 Å². The molecule has 3 heteroatoms. The Morgan fingerprint density at radius 2 is 1.61 bits per heavy atom. The fraction of sp³-hybridized carbons (Fsp3) is 0.850. The topological polar surface area (TPSA) is 41.6 Å². The van der Waals surface area contributed by atoms with Crippen LogP contribution in [0.3, 0.4) is 0 Å². The van der Waals surface area contributed by atoms with Gasteiger partial charge in [-0.15, -0.1) is 0 Å². The number of hydrogen-bond donors (Lipinski definition) is 1. The highest BCUT2D eigenvalue weighted by molar-refractivity contribution is 5.62. The Hall–Kier alpha value is -0.670. The molecule has 0 aromatic carbocycles. The highest BCUT2D eigenvalue weighted by Crippen LogP contribution is 2.17. The van der Waals surface area contributed by atoms with Gasteiger partial charge in [-0.3, -0.25) is 9.89 Å². The van der Waals surface area contributed by atoms with Crippen molar-refractivity contribution in [2.24, 2.45) is 10.7 Å². The fourth-order valence-corrected chi connectivity index (χ4v) is 3.32. The number of unbranched alkanes of at least 4 members (excludes halogenated alkanes) is 10. The van der Waals surface area contributed by atoms with Gasteiger partial charge in [0.05, 0.1) is 6.17 Å². The molecule has 3 nitrogen and oxygen atoms in total. The minimum atomic E-state index is 0.125. The van der Waals surface area contributed by atoms with Crippen LogP contribution in [0, 0.1) is 0 Å². The van der Waals surface area contributed by atoms with Crippen molar-refractivity contribution in [3.8, 4) is 0 Å². The van der Waals surface area contributed by atoms with E-state index in [1.165, 1.54) is 77.0 Å². The third kappa shape index (κ3) is 9.93. The van der Waals surface area contributed by atoms with E-state index in [1.54, 1.807) is 0 Å². The standard InChI is InChI=1S/C20H39N3/c1-3-4-5-6-7-8-9-10-11-12-13-14-15-16-20-22-17-18-23(20)19(2)21/h3-4,17,19-20H,5-16,18,21H2,1-2H3/b4-3+. The lowest BCUT2D eigenvalue weighted by Crippen LogP contribution is -2.43. The first-order valence-electron chi connectivity index (χ1n) is 9.90. The molecule has 0 aromatic heterocycles. The summed E-state index contributed by atoms with van der Waals surface area (Å²) in [4.78, 5) is 6.84. The van der Waals surface area contributed by atoms with E-state index in [1.807, 2.05) is 6.21 Å². The maximum absolute atomic E-state index is 5.97. The van der Waals surface area contributed by atoms with Crippen LogP contribution >= 0.6 is 0 Å². The minimum absolute atomic E-state index is 0.125. The molecule has 1 rings (SSSR count). The summed E-state index contributed by atoms with van der Waals surface area (Å²) < 4.78 is 0. The van der Waals surface area contributed by atoms with Gasteiger partial charge in [0.1, 0.15) is 6.17 Å². The van der Waals surface area contributed by atoms with Gasteiger partial charge in [-0.25, -0.2) is 0 Å². The summed E-state index contributed by atoms with van der Waals surface area (Å²) in [5.41, 5.74) is 5.97. The van der Waals surface area contributed by atoms with E-state index in [0.717, 1.165) is 6.54 Å². The summed E-state index contributed by atoms with van der Waals surface area (Å²) in [6, 6.07) is 0. The second-order valence-electron chi connectivity index (χ2n) is 6.93. The highest BCUT2D eigenvalue weighted by Gasteiger charge is 2.22. The maximum atomic E-state index is 5.97. The van der Waals surface area contributed by atoms with Gasteiger partial charge in [-0.05, 0) is 39.5 Å². The molecule has 0 aromatic rings. The van der Waals surface area contributed by atoms with E-state index < -0.39 is 0 Å². The number of nitrogens with two attached hydrogens (primary N) is 1. The van der Waals surface area contributed by atoms with Crippen LogP contribution in [0.15, 0.2) is 17.1 Å². The third-order valence-electron chi connectivity index (χ3n) is 4.79. The van der Waals surface area contributed by atoms with Crippen molar-refractivity contribution < 1.29 is 0 Å². The van der Waals surface area contributed by atoms with Crippen LogP contribution in [0.5, 0.6) is 0 Å². The van der Waals surface area contributed by atoms with Crippen molar-refractivity contribution in [1.82, 2.24) is 4.90 Å². The molecule has 1 aliphatic rings. The third-order valence-corrected chi connectivity index (χ3v) is 4.79. The number of allylic oxidation sites excluding steroid dienone is 2. The summed E-state index contributed by atoms with van der Waals surface area (Å²) in [6.07, 6.45) is 23.3. The molecule has 0 saturated carbocycles. The van der Waals surface area contributed by atoms with E-state index in [9.17, 15) is 0 Å². The van der Waals surface area contributed by atoms with E-state index in [-0.39, 0.29) is 6.17 Å². The van der Waals surface area contributed by atoms with Gasteiger partial charge in [0.2, 0.25) is 0 Å². The molecule has 2 N–H and O–H groups in total. The maximum Gasteiger partial charge on any atom is 0.103 e. The van der Waals surface area contributed by atoms with Crippen LogP contribution in [0.1, 0.15) is 90.9 Å². The van der Waals surface area contributed by atoms with E-state index in [2.05, 4.69) is 35.9 Å². The molecule has 23 heavy (non-hydrogen) atoms. The van der Waals surface area contributed by atoms with Crippen molar-refractivity contribution in [3.63, 3.8) is 0 Å². The van der Waals surface area contributed by atoms with Gasteiger partial charge < -0.3 is 5.73 Å². The molecule has 0 amide bonds. The first kappa shape index (κ1) is 20.4. The zero-order chi connectivity index (χ0) is 16.8. The number of nitrogens with zero attached hydrogens (tertiary/aromatic N) is 2. The molecule has 0 radical (unpaired) electrons. The largest absolute Gasteiger partial charge is 0.316 e. The monoisotopic (exact) mass is 321 g/mol. The van der Waals surface area contributed by atoms with Crippen LogP contribution in [0.4, 0.5) is 0 Å². The number of rotatable bonds is 14. The molecule has 134 valence electrons. The average molecular weight is 322 g/mol. The van der Waals surface area contributed by atoms with Gasteiger partial charge in [0.15, 0.2) is 0 Å². The Bertz CT molecular complexity index is 323. The van der Waals surface area contributed by atoms with Crippen LogP contribution in [0.2, 0.25) is 0 Å². The Morgan fingerprint density at radius 1 is 1.04 bits per heavy atom. The summed E-state index contributed by atoms with van der Waals surface area (Å²) in [5, 5.41) is 0. The lowest BCUT2D eigenvalue weighted by atomic mass is 10.0. The molecule has 1 heterocycles. The second-order valence-corrected chi connectivity index (χ2v) is 6.93. The molecular weight excluding hydrogens is 282 g/mol. The van der Waals surface area contributed by atoms with Crippen molar-refractivity contribution in [2.75, 3.05) is 6.54 Å². The lowest BCUT2D eigenvalue weighted by Gasteiger charge is -2.26. The number of aliphatic imine (C=N–C) groups is 1. The SMILES string of the molecule is C/C=C/CCCCCCCCCCCCC1N=CCN1C(C)N. The van der Waals surface area contributed by atoms with Crippen molar-refractivity contribution in [3.05, 3.63) is 12.2 Å². The smallest absolute Gasteiger partial charge is 0.103 e. The zero-order valence-electron chi connectivity index (χ0n) is 15.6. The zero-order valence-corrected chi connectivity index (χ0v) is 15.6. The van der Waals surface area contributed by atoms with Crippen LogP contribution < -0.4 is 5.73 Å². The van der Waals surface area contributed by atoms with Gasteiger partial charge >= 0.3 is 0 Å². The predicted octanol–water partition coefficient (Wildman–Crippen LogP) is 5.26. The fourth-order valence-electron chi connectivity index (χ4n) is 3.32. The molecule has 1 aliphatic heterocycles. The number of hydrogen-bond acceptors (Lipinski definition) is 3. The average Bonchev–Trinajstić information content (AvgIpc) is 3.00. The predicted molar refractivity (Wildman–Crippen MR) is 103 cm³/mol. The minimum Gasteiger partial charge on any atom is -0.316 e. The van der Waals surface area contributed by atoms with Gasteiger partial charge in [-0.1, -0.05) is 63.5 Å². The first-order valence-corrected chi connectivity index (χ1v) is 9.90. The molecule has 0 spiro atoms. The highest BCUT2D eigenvalue weighted by atomic mass is 15.3. The quantitative estimate of drug-likeness (QED) is 0.350. The second kappa shape index (κ2) is 13.7. The molecule has 0 bridgehead atoms. The lowest BCUT2D eigenvalue weighted by molar-refractivity contribution is 0.182. The summed E-state index contributed by atoms with van der Waals surface area (Å²) in [6.45, 7) is 5.09. The van der Waals surface area contributed by atoms with Crippen molar-refractivity contribution >= 4 is 6.21 Å². The first-order chi connectivity index (χ1) is 11.3. The summed E-state index contributed by atoms with van der Waals surface area (Å²) in [5.74, 6) is 0. The van der Waals surface area contributed by atoms with Gasteiger partial charge in [-0.2, -0.15) is 0 Å². The normalized spacial score (nSPS) is 19.9. The molecule has 2 unspecified atom stereocenters. The van der Waals surface area contributed by atoms with Crippen molar-refractivity contribution in [1.29, 1.82) is 0 Å². The Labute approximate surface area is 144 Å². The Kier molecular flexibility index (Phi) is 12.2. The summed E-state index contributed by atoms with van der Waals surface area (Å²) >= 11 is 0. The van der Waals surface area contributed by atoms with Crippen molar-refractivity contribution in [2.45, 2.75) is 103 Å². The Morgan fingerprint density at radius 3 is 2.17 bits per heavy atom. The van der Waals surface area contributed by atoms with Gasteiger partial charge in [0, 0.05) is 12.8 Å². The molecular formula is C20H39N3. The molecule has 0 aliphatic carbocycles. The Balaban J connectivity index is 1.82. The van der Waals surface area contributed by atoms with Crippen LogP contribution in [-0.4, -0.2) is 30.0 Å². The van der Waals surface area contributed by atoms with Crippen LogP contribution in [-0.2, 0) is 0 Å². The van der Waals surface area contributed by atoms with Gasteiger partial charge in [0.25, 0.3) is 0 Å². The van der Waals surface area contributed by atoms with E-state index >= 15 is 0 Å². The van der Waals surface area contributed by atoms with E-state index in [0.29, 0.717) is 6.17 Å².